The number of nitrogens with one attached hydrogen (secondary N) is 1. The zero-order chi connectivity index (χ0) is 11.6. The van der Waals surface area contributed by atoms with Crippen molar-refractivity contribution in [3.8, 4) is 0 Å². The third-order valence-corrected chi connectivity index (χ3v) is 4.85. The summed E-state index contributed by atoms with van der Waals surface area (Å²) in [4.78, 5) is 0. The molecule has 2 nitrogen and oxygen atoms in total. The molecule has 0 aromatic heterocycles. The van der Waals surface area contributed by atoms with Crippen LogP contribution in [0.5, 0.6) is 0 Å². The minimum Gasteiger partial charge on any atom is -0.374 e. The zero-order valence-electron chi connectivity index (χ0n) is 11.1. The van der Waals surface area contributed by atoms with Crippen LogP contribution in [0.3, 0.4) is 0 Å². The van der Waals surface area contributed by atoms with Crippen LogP contribution in [0.4, 0.5) is 0 Å². The van der Waals surface area contributed by atoms with Crippen LogP contribution in [0.2, 0.25) is 0 Å². The summed E-state index contributed by atoms with van der Waals surface area (Å²) < 4.78 is 6.29. The molecule has 0 aromatic rings. The summed E-state index contributed by atoms with van der Waals surface area (Å²) in [5, 5.41) is 3.60. The van der Waals surface area contributed by atoms with Gasteiger partial charge in [-0.15, -0.1) is 0 Å². The standard InChI is InChI=1S/C14H27NO/c1-4-14(3)12(15-5-2)10-13(14)16-11-8-6-7-9-11/h11-13,15H,4-10H2,1-3H3. The molecule has 0 bridgehead atoms. The molecule has 0 heterocycles. The Kier molecular flexibility index (Phi) is 3.91. The molecule has 2 aliphatic rings. The predicted octanol–water partition coefficient (Wildman–Crippen LogP) is 3.11. The van der Waals surface area contributed by atoms with Crippen molar-refractivity contribution in [2.24, 2.45) is 5.41 Å². The number of hydrogen-bond acceptors (Lipinski definition) is 2. The van der Waals surface area contributed by atoms with Crippen LogP contribution in [0.1, 0.15) is 59.3 Å². The van der Waals surface area contributed by atoms with Crippen molar-refractivity contribution >= 4 is 0 Å². The highest BCUT2D eigenvalue weighted by atomic mass is 16.5. The number of ether oxygens (including phenoxy) is 1. The summed E-state index contributed by atoms with van der Waals surface area (Å²) >= 11 is 0. The average Bonchev–Trinajstić information content (AvgIpc) is 2.79. The molecule has 0 aliphatic heterocycles. The second-order valence-electron chi connectivity index (χ2n) is 5.74. The van der Waals surface area contributed by atoms with Gasteiger partial charge in [0.25, 0.3) is 0 Å². The van der Waals surface area contributed by atoms with Crippen molar-refractivity contribution < 1.29 is 4.74 Å². The first kappa shape index (κ1) is 12.4. The average molecular weight is 225 g/mol. The van der Waals surface area contributed by atoms with Crippen molar-refractivity contribution in [2.75, 3.05) is 6.54 Å². The molecule has 0 spiro atoms. The Balaban J connectivity index is 1.86. The lowest BCUT2D eigenvalue weighted by molar-refractivity contribution is -0.154. The van der Waals surface area contributed by atoms with E-state index < -0.39 is 0 Å². The van der Waals surface area contributed by atoms with Gasteiger partial charge in [-0.05, 0) is 32.2 Å². The van der Waals surface area contributed by atoms with E-state index in [-0.39, 0.29) is 0 Å². The van der Waals surface area contributed by atoms with E-state index in [9.17, 15) is 0 Å². The van der Waals surface area contributed by atoms with E-state index in [0.717, 1.165) is 6.54 Å². The molecule has 2 heteroatoms. The first-order valence-corrected chi connectivity index (χ1v) is 7.09. The fourth-order valence-electron chi connectivity index (χ4n) is 3.32. The normalized spacial score (nSPS) is 39.9. The van der Waals surface area contributed by atoms with E-state index in [1.165, 1.54) is 38.5 Å². The molecule has 0 amide bonds. The lowest BCUT2D eigenvalue weighted by Crippen LogP contribution is -2.62. The Bertz CT molecular complexity index is 225. The van der Waals surface area contributed by atoms with Gasteiger partial charge >= 0.3 is 0 Å². The Labute approximate surface area is 100 Å². The maximum atomic E-state index is 6.29. The number of rotatable bonds is 5. The van der Waals surface area contributed by atoms with Crippen LogP contribution >= 0.6 is 0 Å². The molecule has 2 saturated carbocycles. The summed E-state index contributed by atoms with van der Waals surface area (Å²) in [7, 11) is 0. The van der Waals surface area contributed by atoms with Gasteiger partial charge in [0.2, 0.25) is 0 Å². The quantitative estimate of drug-likeness (QED) is 0.776. The molecule has 2 fully saturated rings. The van der Waals surface area contributed by atoms with Crippen molar-refractivity contribution in [2.45, 2.75) is 77.5 Å². The Morgan fingerprint density at radius 2 is 1.94 bits per heavy atom. The second kappa shape index (κ2) is 5.05. The monoisotopic (exact) mass is 225 g/mol. The molecule has 1 N–H and O–H groups in total. The summed E-state index contributed by atoms with van der Waals surface area (Å²) in [5.41, 5.74) is 0.374. The van der Waals surface area contributed by atoms with Gasteiger partial charge < -0.3 is 10.1 Å². The fourth-order valence-corrected chi connectivity index (χ4v) is 3.32. The highest BCUT2D eigenvalue weighted by Gasteiger charge is 2.51. The third-order valence-electron chi connectivity index (χ3n) is 4.85. The van der Waals surface area contributed by atoms with Crippen LogP contribution in [0.25, 0.3) is 0 Å². The molecule has 2 aliphatic carbocycles. The first-order chi connectivity index (χ1) is 7.70. The summed E-state index contributed by atoms with van der Waals surface area (Å²) in [5.74, 6) is 0. The zero-order valence-corrected chi connectivity index (χ0v) is 11.1. The molecular formula is C14H27NO. The number of hydrogen-bond donors (Lipinski definition) is 1. The maximum absolute atomic E-state index is 6.29. The predicted molar refractivity (Wildman–Crippen MR) is 67.6 cm³/mol. The molecule has 16 heavy (non-hydrogen) atoms. The summed E-state index contributed by atoms with van der Waals surface area (Å²) in [6.07, 6.45) is 8.84. The van der Waals surface area contributed by atoms with Crippen molar-refractivity contribution in [1.82, 2.24) is 5.32 Å². The largest absolute Gasteiger partial charge is 0.374 e. The molecule has 2 rings (SSSR count). The van der Waals surface area contributed by atoms with E-state index in [2.05, 4.69) is 26.1 Å². The third kappa shape index (κ3) is 2.14. The van der Waals surface area contributed by atoms with E-state index in [1.54, 1.807) is 0 Å². The van der Waals surface area contributed by atoms with Gasteiger partial charge in [0.15, 0.2) is 0 Å². The van der Waals surface area contributed by atoms with Crippen LogP contribution in [-0.4, -0.2) is 24.8 Å². The Hall–Kier alpha value is -0.0800. The van der Waals surface area contributed by atoms with Crippen LogP contribution in [-0.2, 0) is 4.74 Å². The highest BCUT2D eigenvalue weighted by Crippen LogP contribution is 2.47. The molecule has 0 aromatic carbocycles. The van der Waals surface area contributed by atoms with Crippen molar-refractivity contribution in [1.29, 1.82) is 0 Å². The molecule has 0 saturated heterocycles. The van der Waals surface area contributed by atoms with Crippen molar-refractivity contribution in [3.05, 3.63) is 0 Å². The van der Waals surface area contributed by atoms with E-state index in [1.807, 2.05) is 0 Å². The van der Waals surface area contributed by atoms with E-state index in [4.69, 9.17) is 4.74 Å². The van der Waals surface area contributed by atoms with Gasteiger partial charge in [-0.1, -0.05) is 33.6 Å². The van der Waals surface area contributed by atoms with E-state index in [0.29, 0.717) is 23.7 Å². The van der Waals surface area contributed by atoms with Crippen molar-refractivity contribution in [3.63, 3.8) is 0 Å². The summed E-state index contributed by atoms with van der Waals surface area (Å²) in [6.45, 7) is 7.97. The molecule has 3 atom stereocenters. The minimum atomic E-state index is 0.374. The topological polar surface area (TPSA) is 21.3 Å². The highest BCUT2D eigenvalue weighted by molar-refractivity contribution is 5.05. The summed E-state index contributed by atoms with van der Waals surface area (Å²) in [6, 6.07) is 0.675. The maximum Gasteiger partial charge on any atom is 0.0662 e. The van der Waals surface area contributed by atoms with Gasteiger partial charge in [0.05, 0.1) is 12.2 Å². The van der Waals surface area contributed by atoms with Gasteiger partial charge in [0.1, 0.15) is 0 Å². The van der Waals surface area contributed by atoms with Crippen LogP contribution < -0.4 is 5.32 Å². The van der Waals surface area contributed by atoms with Gasteiger partial charge in [-0.2, -0.15) is 0 Å². The second-order valence-corrected chi connectivity index (χ2v) is 5.74. The Morgan fingerprint density at radius 1 is 1.25 bits per heavy atom. The lowest BCUT2D eigenvalue weighted by Gasteiger charge is -2.54. The molecule has 3 unspecified atom stereocenters. The van der Waals surface area contributed by atoms with Crippen LogP contribution in [0, 0.1) is 5.41 Å². The lowest BCUT2D eigenvalue weighted by atomic mass is 9.61. The van der Waals surface area contributed by atoms with Crippen LogP contribution in [0.15, 0.2) is 0 Å². The van der Waals surface area contributed by atoms with Gasteiger partial charge in [0, 0.05) is 11.5 Å². The minimum absolute atomic E-state index is 0.374. The SMILES string of the molecule is CCNC1CC(OC2CCCC2)C1(C)CC. The van der Waals surface area contributed by atoms with Gasteiger partial charge in [-0.3, -0.25) is 0 Å². The smallest absolute Gasteiger partial charge is 0.0662 e. The van der Waals surface area contributed by atoms with Gasteiger partial charge in [-0.25, -0.2) is 0 Å². The first-order valence-electron chi connectivity index (χ1n) is 7.09. The fraction of sp³-hybridized carbons (Fsp3) is 1.00. The van der Waals surface area contributed by atoms with E-state index >= 15 is 0 Å². The Morgan fingerprint density at radius 3 is 2.50 bits per heavy atom. The molecule has 94 valence electrons. The molecule has 0 radical (unpaired) electrons. The molecular weight excluding hydrogens is 198 g/mol.